The number of nitrogens with zero attached hydrogens (tertiary/aromatic N) is 1. The van der Waals surface area contributed by atoms with Crippen LogP contribution >= 0.6 is 0 Å². The fraction of sp³-hybridized carbons (Fsp3) is 0.318. The number of benzene rings is 2. The molecule has 0 aromatic heterocycles. The van der Waals surface area contributed by atoms with E-state index in [-0.39, 0.29) is 16.7 Å². The second-order valence-corrected chi connectivity index (χ2v) is 9.25. The lowest BCUT2D eigenvalue weighted by Crippen LogP contribution is -2.40. The van der Waals surface area contributed by atoms with Gasteiger partial charge >= 0.3 is 0 Å². The number of amides is 3. The number of carbonyl (C=O) groups is 3. The third-order valence-corrected chi connectivity index (χ3v) is 6.83. The van der Waals surface area contributed by atoms with Crippen LogP contribution in [0.25, 0.3) is 0 Å². The number of hydrogen-bond donors (Lipinski definition) is 3. The van der Waals surface area contributed by atoms with Gasteiger partial charge in [0.2, 0.25) is 15.9 Å². The third kappa shape index (κ3) is 6.60. The largest absolute Gasteiger partial charge is 0.379 e. The van der Waals surface area contributed by atoms with Gasteiger partial charge in [-0.05, 0) is 48.5 Å². The van der Waals surface area contributed by atoms with Crippen LogP contribution in [-0.2, 0) is 19.6 Å². The predicted octanol–water partition coefficient (Wildman–Crippen LogP) is 0.826. The molecule has 0 aliphatic carbocycles. The highest BCUT2D eigenvalue weighted by Crippen LogP contribution is 2.18. The lowest BCUT2D eigenvalue weighted by molar-refractivity contribution is -0.118. The molecular weight excluding hydrogens is 448 g/mol. The number of rotatable bonds is 8. The Balaban J connectivity index is 1.56. The van der Waals surface area contributed by atoms with Gasteiger partial charge in [-0.3, -0.25) is 14.4 Å². The number of ether oxygens (including phenoxy) is 1. The number of sulfonamides is 1. The molecule has 3 rings (SSSR count). The molecule has 10 nitrogen and oxygen atoms in total. The van der Waals surface area contributed by atoms with Gasteiger partial charge in [0.15, 0.2) is 0 Å². The van der Waals surface area contributed by atoms with E-state index in [1.54, 1.807) is 24.3 Å². The Bertz CT molecular complexity index is 1090. The van der Waals surface area contributed by atoms with E-state index in [0.717, 1.165) is 0 Å². The van der Waals surface area contributed by atoms with Gasteiger partial charge in [0.1, 0.15) is 0 Å². The molecule has 0 unspecified atom stereocenters. The first-order valence-corrected chi connectivity index (χ1v) is 11.8. The van der Waals surface area contributed by atoms with Gasteiger partial charge < -0.3 is 20.7 Å². The smallest absolute Gasteiger partial charge is 0.255 e. The maximum atomic E-state index is 12.7. The normalized spacial score (nSPS) is 14.3. The van der Waals surface area contributed by atoms with Crippen molar-refractivity contribution in [2.45, 2.75) is 11.8 Å². The summed E-state index contributed by atoms with van der Waals surface area (Å²) in [6, 6.07) is 12.1. The Hall–Kier alpha value is -3.28. The van der Waals surface area contributed by atoms with Crippen molar-refractivity contribution in [3.8, 4) is 0 Å². The molecule has 0 spiro atoms. The molecule has 0 saturated carbocycles. The maximum Gasteiger partial charge on any atom is 0.255 e. The first-order chi connectivity index (χ1) is 15.8. The monoisotopic (exact) mass is 474 g/mol. The number of morpholine rings is 1. The standard InChI is InChI=1S/C22H26N4O6S/c1-16(27)23-10-11-24-21(28)17-2-6-19(7-3-17)25-22(29)18-4-8-20(9-5-18)33(30,31)26-12-14-32-15-13-26/h2-9H,10-15H2,1H3,(H,23,27)(H,24,28)(H,25,29). The van der Waals surface area contributed by atoms with Crippen LogP contribution in [0.15, 0.2) is 53.4 Å². The molecule has 3 N–H and O–H groups in total. The van der Waals surface area contributed by atoms with E-state index in [0.29, 0.717) is 56.2 Å². The summed E-state index contributed by atoms with van der Waals surface area (Å²) < 4.78 is 31.9. The summed E-state index contributed by atoms with van der Waals surface area (Å²) in [5.74, 6) is -0.870. The summed E-state index contributed by atoms with van der Waals surface area (Å²) in [5.41, 5.74) is 1.20. The Morgan fingerprint density at radius 2 is 1.39 bits per heavy atom. The summed E-state index contributed by atoms with van der Waals surface area (Å²) in [7, 11) is -3.63. The molecule has 2 aromatic rings. The van der Waals surface area contributed by atoms with Gasteiger partial charge in [0, 0.05) is 49.9 Å². The van der Waals surface area contributed by atoms with Crippen LogP contribution in [0.1, 0.15) is 27.6 Å². The molecule has 1 heterocycles. The van der Waals surface area contributed by atoms with Gasteiger partial charge in [-0.15, -0.1) is 0 Å². The summed E-state index contributed by atoms with van der Waals surface area (Å²) in [4.78, 5) is 35.6. The van der Waals surface area contributed by atoms with Crippen LogP contribution in [0.2, 0.25) is 0 Å². The molecule has 1 aliphatic heterocycles. The second kappa shape index (κ2) is 11.0. The fourth-order valence-corrected chi connectivity index (χ4v) is 4.55. The molecular formula is C22H26N4O6S. The molecule has 0 radical (unpaired) electrons. The van der Waals surface area contributed by atoms with Gasteiger partial charge in [0.25, 0.3) is 11.8 Å². The Kier molecular flexibility index (Phi) is 8.15. The van der Waals surface area contributed by atoms with Crippen LogP contribution in [0.5, 0.6) is 0 Å². The maximum absolute atomic E-state index is 12.7. The van der Waals surface area contributed by atoms with Crippen molar-refractivity contribution in [1.29, 1.82) is 0 Å². The molecule has 1 aliphatic rings. The van der Waals surface area contributed by atoms with E-state index in [1.807, 2.05) is 0 Å². The summed E-state index contributed by atoms with van der Waals surface area (Å²) in [6.45, 7) is 3.35. The van der Waals surface area contributed by atoms with Crippen LogP contribution in [-0.4, -0.2) is 69.8 Å². The van der Waals surface area contributed by atoms with E-state index < -0.39 is 15.9 Å². The van der Waals surface area contributed by atoms with E-state index in [2.05, 4.69) is 16.0 Å². The molecule has 176 valence electrons. The first-order valence-electron chi connectivity index (χ1n) is 10.4. The number of nitrogens with one attached hydrogen (secondary N) is 3. The van der Waals surface area contributed by atoms with Crippen LogP contribution in [0.3, 0.4) is 0 Å². The molecule has 11 heteroatoms. The fourth-order valence-electron chi connectivity index (χ4n) is 3.14. The van der Waals surface area contributed by atoms with E-state index in [1.165, 1.54) is 35.5 Å². The zero-order valence-corrected chi connectivity index (χ0v) is 19.0. The van der Waals surface area contributed by atoms with E-state index in [4.69, 9.17) is 4.74 Å². The quantitative estimate of drug-likeness (QED) is 0.485. The average molecular weight is 475 g/mol. The molecule has 33 heavy (non-hydrogen) atoms. The second-order valence-electron chi connectivity index (χ2n) is 7.31. The minimum atomic E-state index is -3.63. The van der Waals surface area contributed by atoms with Gasteiger partial charge in [-0.25, -0.2) is 8.42 Å². The summed E-state index contributed by atoms with van der Waals surface area (Å²) in [5, 5.41) is 7.98. The number of carbonyl (C=O) groups excluding carboxylic acids is 3. The number of anilines is 1. The molecule has 3 amide bonds. The predicted molar refractivity (Wildman–Crippen MR) is 121 cm³/mol. The average Bonchev–Trinajstić information content (AvgIpc) is 2.82. The molecule has 2 aromatic carbocycles. The SMILES string of the molecule is CC(=O)NCCNC(=O)c1ccc(NC(=O)c2ccc(S(=O)(=O)N3CCOCC3)cc2)cc1. The first kappa shape index (κ1) is 24.4. The Labute approximate surface area is 192 Å². The van der Waals surface area contributed by atoms with Crippen LogP contribution in [0.4, 0.5) is 5.69 Å². The van der Waals surface area contributed by atoms with Crippen molar-refractivity contribution in [1.82, 2.24) is 14.9 Å². The van der Waals surface area contributed by atoms with Crippen molar-refractivity contribution in [2.75, 3.05) is 44.7 Å². The summed E-state index contributed by atoms with van der Waals surface area (Å²) in [6.07, 6.45) is 0. The number of hydrogen-bond acceptors (Lipinski definition) is 6. The highest BCUT2D eigenvalue weighted by molar-refractivity contribution is 7.89. The van der Waals surface area contributed by atoms with Crippen molar-refractivity contribution < 1.29 is 27.5 Å². The molecule has 1 saturated heterocycles. The third-order valence-electron chi connectivity index (χ3n) is 4.91. The van der Waals surface area contributed by atoms with Crippen molar-refractivity contribution in [2.24, 2.45) is 0 Å². The van der Waals surface area contributed by atoms with E-state index in [9.17, 15) is 22.8 Å². The van der Waals surface area contributed by atoms with Crippen LogP contribution in [0, 0.1) is 0 Å². The van der Waals surface area contributed by atoms with Crippen molar-refractivity contribution >= 4 is 33.4 Å². The Morgan fingerprint density at radius 1 is 0.848 bits per heavy atom. The minimum Gasteiger partial charge on any atom is -0.379 e. The zero-order chi connectivity index (χ0) is 23.8. The Morgan fingerprint density at radius 3 is 2.00 bits per heavy atom. The van der Waals surface area contributed by atoms with Crippen LogP contribution < -0.4 is 16.0 Å². The van der Waals surface area contributed by atoms with Gasteiger partial charge in [-0.1, -0.05) is 0 Å². The minimum absolute atomic E-state index is 0.120. The van der Waals surface area contributed by atoms with E-state index >= 15 is 0 Å². The topological polar surface area (TPSA) is 134 Å². The lowest BCUT2D eigenvalue weighted by atomic mass is 10.1. The molecule has 0 atom stereocenters. The van der Waals surface area contributed by atoms with Crippen molar-refractivity contribution in [3.05, 3.63) is 59.7 Å². The lowest BCUT2D eigenvalue weighted by Gasteiger charge is -2.26. The molecule has 0 bridgehead atoms. The van der Waals surface area contributed by atoms with Gasteiger partial charge in [0.05, 0.1) is 18.1 Å². The van der Waals surface area contributed by atoms with Crippen molar-refractivity contribution in [3.63, 3.8) is 0 Å². The summed E-state index contributed by atoms with van der Waals surface area (Å²) >= 11 is 0. The molecule has 1 fully saturated rings. The van der Waals surface area contributed by atoms with Gasteiger partial charge in [-0.2, -0.15) is 4.31 Å². The zero-order valence-electron chi connectivity index (χ0n) is 18.2. The highest BCUT2D eigenvalue weighted by Gasteiger charge is 2.26. The highest BCUT2D eigenvalue weighted by atomic mass is 32.2.